The number of hydrogen-bond acceptors (Lipinski definition) is 4. The molecule has 0 unspecified atom stereocenters. The van der Waals surface area contributed by atoms with E-state index in [1.54, 1.807) is 6.20 Å². The van der Waals surface area contributed by atoms with E-state index in [2.05, 4.69) is 15.5 Å². The largest absolute Gasteiger partial charge is 0.481 e. The van der Waals surface area contributed by atoms with Crippen molar-refractivity contribution in [2.75, 3.05) is 11.9 Å². The third kappa shape index (κ3) is 1.77. The van der Waals surface area contributed by atoms with Crippen LogP contribution in [0.15, 0.2) is 30.5 Å². The third-order valence-corrected chi connectivity index (χ3v) is 3.47. The first-order chi connectivity index (χ1) is 8.71. The molecule has 1 aromatic heterocycles. The number of anilines is 1. The van der Waals surface area contributed by atoms with Crippen molar-refractivity contribution in [2.45, 2.75) is 12.8 Å². The van der Waals surface area contributed by atoms with E-state index >= 15 is 0 Å². The standard InChI is InChI=1S/C13H13N3O2/c17-12(18)13(5-6-13)8-14-11-7-15-16-10-4-2-1-3-9(10)11/h1-4,7H,5-6,8H2,(H,14,16)(H,17,18). The van der Waals surface area contributed by atoms with Crippen molar-refractivity contribution in [2.24, 2.45) is 5.41 Å². The highest BCUT2D eigenvalue weighted by atomic mass is 16.4. The van der Waals surface area contributed by atoms with Gasteiger partial charge in [0, 0.05) is 11.9 Å². The number of hydrogen-bond donors (Lipinski definition) is 2. The maximum absolute atomic E-state index is 11.1. The molecule has 0 amide bonds. The molecule has 18 heavy (non-hydrogen) atoms. The van der Waals surface area contributed by atoms with E-state index in [-0.39, 0.29) is 0 Å². The SMILES string of the molecule is O=C(O)C1(CNc2cnnc3ccccc23)CC1. The van der Waals surface area contributed by atoms with Crippen molar-refractivity contribution in [1.82, 2.24) is 10.2 Å². The van der Waals surface area contributed by atoms with Crippen LogP contribution in [0.2, 0.25) is 0 Å². The number of benzene rings is 1. The first-order valence-corrected chi connectivity index (χ1v) is 5.89. The lowest BCUT2D eigenvalue weighted by molar-refractivity contribution is -0.142. The van der Waals surface area contributed by atoms with Crippen molar-refractivity contribution in [3.05, 3.63) is 30.5 Å². The van der Waals surface area contributed by atoms with Gasteiger partial charge in [0.25, 0.3) is 0 Å². The normalized spacial score (nSPS) is 16.4. The Morgan fingerprint density at radius 3 is 2.89 bits per heavy atom. The number of aromatic nitrogens is 2. The van der Waals surface area contributed by atoms with Crippen LogP contribution in [0.25, 0.3) is 10.9 Å². The Morgan fingerprint density at radius 1 is 1.39 bits per heavy atom. The third-order valence-electron chi connectivity index (χ3n) is 3.47. The molecule has 1 heterocycles. The van der Waals surface area contributed by atoms with Crippen molar-refractivity contribution in [3.63, 3.8) is 0 Å². The minimum atomic E-state index is -0.721. The zero-order valence-corrected chi connectivity index (χ0v) is 9.76. The zero-order chi connectivity index (χ0) is 12.6. The minimum Gasteiger partial charge on any atom is -0.481 e. The van der Waals surface area contributed by atoms with E-state index in [9.17, 15) is 4.79 Å². The molecule has 0 aliphatic heterocycles. The molecule has 1 saturated carbocycles. The quantitative estimate of drug-likeness (QED) is 0.857. The second kappa shape index (κ2) is 3.94. The molecule has 1 aliphatic carbocycles. The molecule has 0 atom stereocenters. The summed E-state index contributed by atoms with van der Waals surface area (Å²) in [5, 5.41) is 21.2. The van der Waals surface area contributed by atoms with Crippen molar-refractivity contribution >= 4 is 22.6 Å². The summed E-state index contributed by atoms with van der Waals surface area (Å²) in [7, 11) is 0. The van der Waals surface area contributed by atoms with Gasteiger partial charge in [0.15, 0.2) is 0 Å². The van der Waals surface area contributed by atoms with E-state index < -0.39 is 11.4 Å². The zero-order valence-electron chi connectivity index (χ0n) is 9.76. The summed E-state index contributed by atoms with van der Waals surface area (Å²) in [4.78, 5) is 11.1. The summed E-state index contributed by atoms with van der Waals surface area (Å²) >= 11 is 0. The lowest BCUT2D eigenvalue weighted by atomic mass is 10.1. The van der Waals surface area contributed by atoms with E-state index in [4.69, 9.17) is 5.11 Å². The predicted molar refractivity (Wildman–Crippen MR) is 67.3 cm³/mol. The van der Waals surface area contributed by atoms with Gasteiger partial charge in [-0.25, -0.2) is 0 Å². The van der Waals surface area contributed by atoms with Crippen molar-refractivity contribution in [3.8, 4) is 0 Å². The number of carbonyl (C=O) groups is 1. The molecule has 2 N–H and O–H groups in total. The summed E-state index contributed by atoms with van der Waals surface area (Å²) in [5.74, 6) is -0.721. The van der Waals surface area contributed by atoms with E-state index in [1.807, 2.05) is 24.3 Å². The summed E-state index contributed by atoms with van der Waals surface area (Å²) in [5.41, 5.74) is 1.07. The monoisotopic (exact) mass is 243 g/mol. The van der Waals surface area contributed by atoms with Gasteiger partial charge in [0.1, 0.15) is 0 Å². The molecule has 5 heteroatoms. The van der Waals surface area contributed by atoms with Crippen LogP contribution >= 0.6 is 0 Å². The van der Waals surface area contributed by atoms with Gasteiger partial charge in [0.2, 0.25) is 0 Å². The lowest BCUT2D eigenvalue weighted by Crippen LogP contribution is -2.24. The van der Waals surface area contributed by atoms with E-state index in [1.165, 1.54) is 0 Å². The molecular weight excluding hydrogens is 230 g/mol. The lowest BCUT2D eigenvalue weighted by Gasteiger charge is -2.13. The van der Waals surface area contributed by atoms with Gasteiger partial charge in [-0.2, -0.15) is 10.2 Å². The number of rotatable bonds is 4. The first kappa shape index (κ1) is 11.0. The maximum atomic E-state index is 11.1. The van der Waals surface area contributed by atoms with Gasteiger partial charge < -0.3 is 10.4 Å². The molecule has 0 saturated heterocycles. The highest BCUT2D eigenvalue weighted by Crippen LogP contribution is 2.45. The molecule has 1 aliphatic rings. The fraction of sp³-hybridized carbons (Fsp3) is 0.308. The van der Waals surface area contributed by atoms with Gasteiger partial charge in [-0.1, -0.05) is 18.2 Å². The topological polar surface area (TPSA) is 75.1 Å². The van der Waals surface area contributed by atoms with Crippen molar-refractivity contribution < 1.29 is 9.90 Å². The molecule has 0 radical (unpaired) electrons. The van der Waals surface area contributed by atoms with E-state index in [0.29, 0.717) is 6.54 Å². The van der Waals surface area contributed by atoms with Gasteiger partial charge >= 0.3 is 5.97 Å². The average molecular weight is 243 g/mol. The van der Waals surface area contributed by atoms with E-state index in [0.717, 1.165) is 29.4 Å². The van der Waals surface area contributed by atoms with Crippen LogP contribution < -0.4 is 5.32 Å². The summed E-state index contributed by atoms with van der Waals surface area (Å²) in [6.07, 6.45) is 3.12. The number of carboxylic acid groups (broad SMARTS) is 1. The van der Waals surface area contributed by atoms with Gasteiger partial charge in [-0.3, -0.25) is 4.79 Å². The predicted octanol–water partition coefficient (Wildman–Crippen LogP) is 1.91. The fourth-order valence-electron chi connectivity index (χ4n) is 2.03. The number of carboxylic acids is 1. The highest BCUT2D eigenvalue weighted by molar-refractivity contribution is 5.90. The van der Waals surface area contributed by atoms with Crippen LogP contribution in [0, 0.1) is 5.41 Å². The molecule has 2 aromatic rings. The van der Waals surface area contributed by atoms with Crippen LogP contribution in [0.1, 0.15) is 12.8 Å². The number of nitrogens with zero attached hydrogens (tertiary/aromatic N) is 2. The number of nitrogens with one attached hydrogen (secondary N) is 1. The summed E-state index contributed by atoms with van der Waals surface area (Å²) < 4.78 is 0. The average Bonchev–Trinajstić information content (AvgIpc) is 3.17. The smallest absolute Gasteiger partial charge is 0.311 e. The highest BCUT2D eigenvalue weighted by Gasteiger charge is 2.50. The molecule has 0 spiro atoms. The molecule has 3 rings (SSSR count). The van der Waals surface area contributed by atoms with Crippen molar-refractivity contribution in [1.29, 1.82) is 0 Å². The molecule has 0 bridgehead atoms. The summed E-state index contributed by atoms with van der Waals surface area (Å²) in [6, 6.07) is 7.67. The van der Waals surface area contributed by atoms with Crippen LogP contribution in [-0.2, 0) is 4.79 Å². The number of fused-ring (bicyclic) bond motifs is 1. The number of aliphatic carboxylic acids is 1. The Bertz CT molecular complexity index is 603. The molecule has 5 nitrogen and oxygen atoms in total. The van der Waals surface area contributed by atoms with Crippen LogP contribution in [0.3, 0.4) is 0 Å². The van der Waals surface area contributed by atoms with Crippen LogP contribution in [0.4, 0.5) is 5.69 Å². The minimum absolute atomic E-state index is 0.442. The Labute approximate surface area is 104 Å². The molecular formula is C13H13N3O2. The maximum Gasteiger partial charge on any atom is 0.311 e. The molecule has 1 aromatic carbocycles. The fourth-order valence-corrected chi connectivity index (χ4v) is 2.03. The molecule has 1 fully saturated rings. The van der Waals surface area contributed by atoms with Gasteiger partial charge in [-0.05, 0) is 18.9 Å². The second-order valence-electron chi connectivity index (χ2n) is 4.71. The van der Waals surface area contributed by atoms with Crippen LogP contribution in [0.5, 0.6) is 0 Å². The van der Waals surface area contributed by atoms with Crippen LogP contribution in [-0.4, -0.2) is 27.8 Å². The molecule has 92 valence electrons. The Kier molecular flexibility index (Phi) is 2.40. The Balaban J connectivity index is 1.85. The second-order valence-corrected chi connectivity index (χ2v) is 4.71. The Morgan fingerprint density at radius 2 is 2.17 bits per heavy atom. The van der Waals surface area contributed by atoms with Gasteiger partial charge in [0.05, 0.1) is 22.8 Å². The Hall–Kier alpha value is -2.17. The van der Waals surface area contributed by atoms with Gasteiger partial charge in [-0.15, -0.1) is 0 Å². The summed E-state index contributed by atoms with van der Waals surface area (Å²) in [6.45, 7) is 0.442. The first-order valence-electron chi connectivity index (χ1n) is 5.89.